The summed E-state index contributed by atoms with van der Waals surface area (Å²) < 4.78 is 5.86. The van der Waals surface area contributed by atoms with Crippen LogP contribution < -0.4 is 10.6 Å². The highest BCUT2D eigenvalue weighted by Crippen LogP contribution is 2.52. The second kappa shape index (κ2) is 5.55. The lowest BCUT2D eigenvalue weighted by molar-refractivity contribution is -0.106. The Morgan fingerprint density at radius 2 is 2.10 bits per heavy atom. The lowest BCUT2D eigenvalue weighted by atomic mass is 9.57. The van der Waals surface area contributed by atoms with Gasteiger partial charge in [-0.3, -0.25) is 4.99 Å². The highest BCUT2D eigenvalue weighted by molar-refractivity contribution is 5.80. The molecular formula is C16H29N3O. The zero-order chi connectivity index (χ0) is 14.2. The van der Waals surface area contributed by atoms with Crippen LogP contribution in [0.25, 0.3) is 0 Å². The first-order valence-electron chi connectivity index (χ1n) is 8.29. The van der Waals surface area contributed by atoms with Crippen molar-refractivity contribution >= 4 is 5.96 Å². The molecule has 1 aliphatic heterocycles. The minimum atomic E-state index is 0.216. The minimum absolute atomic E-state index is 0.216. The van der Waals surface area contributed by atoms with Crippen LogP contribution in [0.1, 0.15) is 46.5 Å². The van der Waals surface area contributed by atoms with E-state index < -0.39 is 0 Å². The molecule has 0 spiro atoms. The Kier molecular flexibility index (Phi) is 3.93. The predicted octanol–water partition coefficient (Wildman–Crippen LogP) is 2.16. The summed E-state index contributed by atoms with van der Waals surface area (Å²) in [6, 6.07) is 0.495. The quantitative estimate of drug-likeness (QED) is 0.612. The number of rotatable bonds is 4. The van der Waals surface area contributed by atoms with Crippen LogP contribution in [0.15, 0.2) is 4.99 Å². The summed E-state index contributed by atoms with van der Waals surface area (Å²) in [5.74, 6) is 2.49. The molecule has 2 aliphatic carbocycles. The largest absolute Gasteiger partial charge is 0.377 e. The molecule has 1 heterocycles. The van der Waals surface area contributed by atoms with E-state index in [1.807, 2.05) is 0 Å². The molecule has 3 rings (SSSR count). The highest BCUT2D eigenvalue weighted by atomic mass is 16.5. The molecule has 0 aromatic carbocycles. The summed E-state index contributed by atoms with van der Waals surface area (Å²) in [7, 11) is 0. The molecule has 20 heavy (non-hydrogen) atoms. The van der Waals surface area contributed by atoms with Crippen molar-refractivity contribution < 1.29 is 4.74 Å². The third-order valence-corrected chi connectivity index (χ3v) is 5.47. The Labute approximate surface area is 122 Å². The van der Waals surface area contributed by atoms with Crippen LogP contribution in [0.5, 0.6) is 0 Å². The zero-order valence-electron chi connectivity index (χ0n) is 13.1. The molecule has 2 saturated carbocycles. The van der Waals surface area contributed by atoms with Gasteiger partial charge in [0, 0.05) is 37.1 Å². The van der Waals surface area contributed by atoms with Crippen LogP contribution in [-0.2, 0) is 4.74 Å². The second-order valence-electron chi connectivity index (χ2n) is 7.20. The van der Waals surface area contributed by atoms with E-state index in [1.165, 1.54) is 25.7 Å². The van der Waals surface area contributed by atoms with Gasteiger partial charge in [0.05, 0.1) is 6.10 Å². The topological polar surface area (TPSA) is 45.7 Å². The Hall–Kier alpha value is -0.770. The molecule has 114 valence electrons. The molecule has 0 bridgehead atoms. The van der Waals surface area contributed by atoms with Crippen LogP contribution in [0, 0.1) is 17.3 Å². The average Bonchev–Trinajstić information content (AvgIpc) is 2.80. The maximum Gasteiger partial charge on any atom is 0.191 e. The number of hydrogen-bond donors (Lipinski definition) is 2. The fraction of sp³-hybridized carbons (Fsp3) is 0.938. The van der Waals surface area contributed by atoms with Crippen LogP contribution in [0.2, 0.25) is 0 Å². The minimum Gasteiger partial charge on any atom is -0.377 e. The van der Waals surface area contributed by atoms with Crippen molar-refractivity contribution in [2.75, 3.05) is 19.7 Å². The van der Waals surface area contributed by atoms with Crippen molar-refractivity contribution in [3.63, 3.8) is 0 Å². The van der Waals surface area contributed by atoms with E-state index >= 15 is 0 Å². The molecule has 0 aromatic rings. The van der Waals surface area contributed by atoms with Crippen LogP contribution >= 0.6 is 0 Å². The van der Waals surface area contributed by atoms with E-state index in [2.05, 4.69) is 31.4 Å². The summed E-state index contributed by atoms with van der Waals surface area (Å²) in [5, 5.41) is 7.08. The Morgan fingerprint density at radius 3 is 2.75 bits per heavy atom. The van der Waals surface area contributed by atoms with Gasteiger partial charge in [-0.05, 0) is 32.1 Å². The normalized spacial score (nSPS) is 36.0. The van der Waals surface area contributed by atoms with Crippen molar-refractivity contribution in [2.45, 2.75) is 58.6 Å². The van der Waals surface area contributed by atoms with E-state index in [1.54, 1.807) is 0 Å². The molecule has 4 heteroatoms. The Balaban J connectivity index is 1.60. The Bertz CT molecular complexity index is 376. The SMILES string of the molecule is CCNC(=NCC1CCC1)NC1C2CCOC2C1(C)C. The van der Waals surface area contributed by atoms with Gasteiger partial charge < -0.3 is 15.4 Å². The zero-order valence-corrected chi connectivity index (χ0v) is 13.1. The van der Waals surface area contributed by atoms with Gasteiger partial charge in [0.1, 0.15) is 0 Å². The van der Waals surface area contributed by atoms with Crippen LogP contribution in [-0.4, -0.2) is 37.8 Å². The molecule has 3 unspecified atom stereocenters. The number of nitrogens with zero attached hydrogens (tertiary/aromatic N) is 1. The van der Waals surface area contributed by atoms with Gasteiger partial charge in [-0.2, -0.15) is 0 Å². The van der Waals surface area contributed by atoms with Crippen molar-refractivity contribution in [1.82, 2.24) is 10.6 Å². The number of guanidine groups is 1. The van der Waals surface area contributed by atoms with Crippen LogP contribution in [0.3, 0.4) is 0 Å². The lowest BCUT2D eigenvalue weighted by Gasteiger charge is -2.55. The third-order valence-electron chi connectivity index (χ3n) is 5.47. The predicted molar refractivity (Wildman–Crippen MR) is 81.9 cm³/mol. The van der Waals surface area contributed by atoms with E-state index in [0.29, 0.717) is 18.1 Å². The van der Waals surface area contributed by atoms with Crippen molar-refractivity contribution in [1.29, 1.82) is 0 Å². The van der Waals surface area contributed by atoms with Crippen LogP contribution in [0.4, 0.5) is 0 Å². The monoisotopic (exact) mass is 279 g/mol. The smallest absolute Gasteiger partial charge is 0.191 e. The molecule has 1 saturated heterocycles. The first kappa shape index (κ1) is 14.2. The third kappa shape index (κ3) is 2.43. The number of hydrogen-bond acceptors (Lipinski definition) is 2. The summed E-state index contributed by atoms with van der Waals surface area (Å²) in [5.41, 5.74) is 0.216. The molecule has 3 atom stereocenters. The molecule has 3 fully saturated rings. The van der Waals surface area contributed by atoms with E-state index in [9.17, 15) is 0 Å². The van der Waals surface area contributed by atoms with Gasteiger partial charge >= 0.3 is 0 Å². The van der Waals surface area contributed by atoms with Gasteiger partial charge in [-0.15, -0.1) is 0 Å². The molecule has 3 aliphatic rings. The van der Waals surface area contributed by atoms with E-state index in [4.69, 9.17) is 9.73 Å². The first-order valence-corrected chi connectivity index (χ1v) is 8.29. The van der Waals surface area contributed by atoms with Crippen molar-refractivity contribution in [2.24, 2.45) is 22.2 Å². The maximum atomic E-state index is 5.86. The standard InChI is InChI=1S/C16H29N3O/c1-4-17-15(18-10-11-6-5-7-11)19-13-12-8-9-20-14(12)16(13,2)3/h11-14H,4-10H2,1-3H3,(H2,17,18,19). The Morgan fingerprint density at radius 1 is 1.30 bits per heavy atom. The fourth-order valence-corrected chi connectivity index (χ4v) is 3.98. The number of ether oxygens (including phenoxy) is 1. The number of fused-ring (bicyclic) bond motifs is 1. The lowest BCUT2D eigenvalue weighted by Crippen LogP contribution is -2.68. The van der Waals surface area contributed by atoms with Gasteiger partial charge in [0.15, 0.2) is 5.96 Å². The molecule has 0 amide bonds. The average molecular weight is 279 g/mol. The molecule has 0 aromatic heterocycles. The van der Waals surface area contributed by atoms with Crippen molar-refractivity contribution in [3.05, 3.63) is 0 Å². The number of nitrogens with one attached hydrogen (secondary N) is 2. The number of aliphatic imine (C=N–C) groups is 1. The van der Waals surface area contributed by atoms with Gasteiger partial charge in [0.25, 0.3) is 0 Å². The van der Waals surface area contributed by atoms with Gasteiger partial charge in [-0.1, -0.05) is 20.3 Å². The second-order valence-corrected chi connectivity index (χ2v) is 7.20. The summed E-state index contributed by atoms with van der Waals surface area (Å²) >= 11 is 0. The fourth-order valence-electron chi connectivity index (χ4n) is 3.98. The van der Waals surface area contributed by atoms with Gasteiger partial charge in [0.2, 0.25) is 0 Å². The molecule has 0 radical (unpaired) electrons. The summed E-state index contributed by atoms with van der Waals surface area (Å²) in [6.45, 7) is 9.58. The molecule has 4 nitrogen and oxygen atoms in total. The van der Waals surface area contributed by atoms with Gasteiger partial charge in [-0.25, -0.2) is 0 Å². The highest BCUT2D eigenvalue weighted by Gasteiger charge is 2.59. The molecule has 2 N–H and O–H groups in total. The summed E-state index contributed by atoms with van der Waals surface area (Å²) in [6.07, 6.45) is 5.73. The maximum absolute atomic E-state index is 5.86. The van der Waals surface area contributed by atoms with E-state index in [0.717, 1.165) is 31.6 Å². The summed E-state index contributed by atoms with van der Waals surface area (Å²) in [4.78, 5) is 4.79. The first-order chi connectivity index (χ1) is 9.63. The van der Waals surface area contributed by atoms with Crippen molar-refractivity contribution in [3.8, 4) is 0 Å². The molecular weight excluding hydrogens is 250 g/mol. The van der Waals surface area contributed by atoms with E-state index in [-0.39, 0.29) is 5.41 Å².